The summed E-state index contributed by atoms with van der Waals surface area (Å²) in [6.07, 6.45) is 0.826. The van der Waals surface area contributed by atoms with Crippen molar-refractivity contribution in [3.8, 4) is 0 Å². The average Bonchev–Trinajstić information content (AvgIpc) is 2.96. The Kier molecular flexibility index (Phi) is 3.87. The van der Waals surface area contributed by atoms with Crippen LogP contribution in [0.15, 0.2) is 29.1 Å². The highest BCUT2D eigenvalue weighted by Gasteiger charge is 2.19. The predicted octanol–water partition coefficient (Wildman–Crippen LogP) is 0.928. The van der Waals surface area contributed by atoms with Crippen LogP contribution >= 0.6 is 0 Å². The molecule has 0 unspecified atom stereocenters. The van der Waals surface area contributed by atoms with E-state index in [2.05, 4.69) is 15.1 Å². The van der Waals surface area contributed by atoms with Gasteiger partial charge in [-0.15, -0.1) is 0 Å². The van der Waals surface area contributed by atoms with E-state index in [1.165, 1.54) is 0 Å². The molecule has 120 valence electrons. The smallest absolute Gasteiger partial charge is 0.267 e. The largest absolute Gasteiger partial charge is 0.364 e. The highest BCUT2D eigenvalue weighted by molar-refractivity contribution is 6.11. The van der Waals surface area contributed by atoms with Crippen LogP contribution in [0.25, 0.3) is 21.8 Å². The minimum absolute atomic E-state index is 0.0668. The fraction of sp³-hybridized carbons (Fsp3) is 0.312. The number of carbonyl (C=O) groups is 1. The van der Waals surface area contributed by atoms with E-state index in [0.717, 1.165) is 23.9 Å². The van der Waals surface area contributed by atoms with E-state index in [1.807, 2.05) is 38.4 Å². The molecule has 1 amide bonds. The number of aromatic amines is 1. The lowest BCUT2D eigenvalue weighted by atomic mass is 10.1. The SMILES string of the molecule is CN(C)CCCn1c(=O)c2c(C(N)=O)[nH]nc2c2ccccc21. The van der Waals surface area contributed by atoms with Crippen LogP contribution in [0.5, 0.6) is 0 Å². The highest BCUT2D eigenvalue weighted by atomic mass is 16.1. The quantitative estimate of drug-likeness (QED) is 0.732. The monoisotopic (exact) mass is 313 g/mol. The number of aryl methyl sites for hydroxylation is 1. The lowest BCUT2D eigenvalue weighted by Crippen LogP contribution is -2.25. The maximum absolute atomic E-state index is 12.9. The number of aromatic nitrogens is 3. The highest BCUT2D eigenvalue weighted by Crippen LogP contribution is 2.22. The van der Waals surface area contributed by atoms with Crippen molar-refractivity contribution in [3.63, 3.8) is 0 Å². The number of fused-ring (bicyclic) bond motifs is 3. The van der Waals surface area contributed by atoms with Crippen molar-refractivity contribution < 1.29 is 4.79 Å². The number of nitrogens with two attached hydrogens (primary N) is 1. The van der Waals surface area contributed by atoms with Crippen molar-refractivity contribution in [2.75, 3.05) is 20.6 Å². The molecule has 0 radical (unpaired) electrons. The molecule has 0 aliphatic carbocycles. The van der Waals surface area contributed by atoms with Gasteiger partial charge in [0.2, 0.25) is 0 Å². The Morgan fingerprint density at radius 1 is 1.35 bits per heavy atom. The molecule has 0 atom stereocenters. The Balaban J connectivity index is 2.27. The summed E-state index contributed by atoms with van der Waals surface area (Å²) < 4.78 is 1.70. The molecule has 3 aromatic rings. The summed E-state index contributed by atoms with van der Waals surface area (Å²) in [5, 5.41) is 7.83. The number of benzene rings is 1. The molecule has 3 N–H and O–H groups in total. The van der Waals surface area contributed by atoms with Crippen LogP contribution in [0.4, 0.5) is 0 Å². The van der Waals surface area contributed by atoms with Crippen LogP contribution in [0.3, 0.4) is 0 Å². The third-order valence-electron chi connectivity index (χ3n) is 3.91. The van der Waals surface area contributed by atoms with Crippen molar-refractivity contribution in [1.82, 2.24) is 19.7 Å². The molecular formula is C16H19N5O2. The number of pyridine rings is 1. The third-order valence-corrected chi connectivity index (χ3v) is 3.91. The zero-order valence-corrected chi connectivity index (χ0v) is 13.2. The van der Waals surface area contributed by atoms with E-state index < -0.39 is 5.91 Å². The fourth-order valence-electron chi connectivity index (χ4n) is 2.84. The summed E-state index contributed by atoms with van der Waals surface area (Å²) in [4.78, 5) is 26.5. The van der Waals surface area contributed by atoms with Gasteiger partial charge in [-0.1, -0.05) is 18.2 Å². The van der Waals surface area contributed by atoms with Gasteiger partial charge in [0.25, 0.3) is 11.5 Å². The molecule has 0 aliphatic heterocycles. The van der Waals surface area contributed by atoms with E-state index in [4.69, 9.17) is 5.73 Å². The number of nitrogens with one attached hydrogen (secondary N) is 1. The molecule has 1 aromatic carbocycles. The number of para-hydroxylation sites is 1. The van der Waals surface area contributed by atoms with E-state index >= 15 is 0 Å². The van der Waals surface area contributed by atoms with Gasteiger partial charge in [-0.2, -0.15) is 5.10 Å². The average molecular weight is 313 g/mol. The lowest BCUT2D eigenvalue weighted by molar-refractivity contribution is 0.0997. The Morgan fingerprint density at radius 2 is 2.09 bits per heavy atom. The standard InChI is InChI=1S/C16H19N5O2/c1-20(2)8-5-9-21-11-7-4-3-6-10(11)13-12(16(21)23)14(15(17)22)19-18-13/h3-4,6-7H,5,8-9H2,1-2H3,(H2,17,22)(H,18,19). The summed E-state index contributed by atoms with van der Waals surface area (Å²) in [5.41, 5.74) is 6.49. The minimum atomic E-state index is -0.681. The van der Waals surface area contributed by atoms with Crippen LogP contribution in [0.2, 0.25) is 0 Å². The molecule has 7 nitrogen and oxygen atoms in total. The summed E-state index contributed by atoms with van der Waals surface area (Å²) >= 11 is 0. The fourth-order valence-corrected chi connectivity index (χ4v) is 2.84. The van der Waals surface area contributed by atoms with Crippen LogP contribution in [-0.4, -0.2) is 46.2 Å². The first-order valence-corrected chi connectivity index (χ1v) is 7.45. The van der Waals surface area contributed by atoms with E-state index in [1.54, 1.807) is 4.57 Å². The molecule has 0 saturated heterocycles. The molecule has 0 spiro atoms. The number of nitrogens with zero attached hydrogens (tertiary/aromatic N) is 3. The van der Waals surface area contributed by atoms with Gasteiger partial charge in [-0.05, 0) is 33.1 Å². The third kappa shape index (κ3) is 2.59. The topological polar surface area (TPSA) is 97.0 Å². The second-order valence-electron chi connectivity index (χ2n) is 5.82. The van der Waals surface area contributed by atoms with Crippen molar-refractivity contribution in [2.45, 2.75) is 13.0 Å². The zero-order chi connectivity index (χ0) is 16.6. The molecular weight excluding hydrogens is 294 g/mol. The first-order valence-electron chi connectivity index (χ1n) is 7.45. The molecule has 7 heteroatoms. The van der Waals surface area contributed by atoms with Crippen molar-refractivity contribution in [1.29, 1.82) is 0 Å². The Hall–Kier alpha value is -2.67. The number of primary amides is 1. The van der Waals surface area contributed by atoms with Gasteiger partial charge < -0.3 is 15.2 Å². The second-order valence-corrected chi connectivity index (χ2v) is 5.82. The molecule has 3 rings (SSSR count). The Morgan fingerprint density at radius 3 is 2.78 bits per heavy atom. The van der Waals surface area contributed by atoms with E-state index in [0.29, 0.717) is 12.1 Å². The minimum Gasteiger partial charge on any atom is -0.364 e. The van der Waals surface area contributed by atoms with E-state index in [-0.39, 0.29) is 16.6 Å². The van der Waals surface area contributed by atoms with Gasteiger partial charge in [0.15, 0.2) is 0 Å². The maximum atomic E-state index is 12.9. The summed E-state index contributed by atoms with van der Waals surface area (Å²) in [7, 11) is 3.98. The van der Waals surface area contributed by atoms with Gasteiger partial charge in [-0.3, -0.25) is 14.7 Å². The van der Waals surface area contributed by atoms with Crippen LogP contribution in [0, 0.1) is 0 Å². The van der Waals surface area contributed by atoms with Crippen molar-refractivity contribution in [3.05, 3.63) is 40.3 Å². The van der Waals surface area contributed by atoms with Crippen molar-refractivity contribution >= 4 is 27.7 Å². The molecule has 0 saturated carbocycles. The molecule has 0 aliphatic rings. The Labute approximate surface area is 132 Å². The summed E-state index contributed by atoms with van der Waals surface area (Å²) in [5.74, 6) is -0.681. The van der Waals surface area contributed by atoms with Gasteiger partial charge >= 0.3 is 0 Å². The first-order chi connectivity index (χ1) is 11.0. The number of H-pyrrole nitrogens is 1. The van der Waals surface area contributed by atoms with Gasteiger partial charge in [0.05, 0.1) is 10.9 Å². The second kappa shape index (κ2) is 5.85. The number of hydrogen-bond acceptors (Lipinski definition) is 4. The molecule has 0 fully saturated rings. The van der Waals surface area contributed by atoms with Crippen LogP contribution in [0.1, 0.15) is 16.9 Å². The number of carbonyl (C=O) groups excluding carboxylic acids is 1. The van der Waals surface area contributed by atoms with Gasteiger partial charge in [-0.25, -0.2) is 0 Å². The van der Waals surface area contributed by atoms with Gasteiger partial charge in [0, 0.05) is 11.9 Å². The number of rotatable bonds is 5. The number of amides is 1. The zero-order valence-electron chi connectivity index (χ0n) is 13.2. The molecule has 0 bridgehead atoms. The maximum Gasteiger partial charge on any atom is 0.267 e. The molecule has 23 heavy (non-hydrogen) atoms. The summed E-state index contributed by atoms with van der Waals surface area (Å²) in [6.45, 7) is 1.43. The summed E-state index contributed by atoms with van der Waals surface area (Å²) in [6, 6.07) is 7.56. The van der Waals surface area contributed by atoms with E-state index in [9.17, 15) is 9.59 Å². The normalized spacial score (nSPS) is 11.6. The molecule has 2 heterocycles. The lowest BCUT2D eigenvalue weighted by Gasteiger charge is -2.13. The first kappa shape index (κ1) is 15.2. The Bertz CT molecular complexity index is 939. The van der Waals surface area contributed by atoms with Crippen LogP contribution in [-0.2, 0) is 6.54 Å². The van der Waals surface area contributed by atoms with Crippen molar-refractivity contribution in [2.24, 2.45) is 5.73 Å². The predicted molar refractivity (Wildman–Crippen MR) is 89.5 cm³/mol. The van der Waals surface area contributed by atoms with Crippen LogP contribution < -0.4 is 11.3 Å². The number of hydrogen-bond donors (Lipinski definition) is 2. The molecule has 2 aromatic heterocycles. The van der Waals surface area contributed by atoms with Gasteiger partial charge in [0.1, 0.15) is 11.2 Å².